The number of ether oxygens (including phenoxy) is 2. The molecule has 0 unspecified atom stereocenters. The third-order valence-corrected chi connectivity index (χ3v) is 5.19. The minimum Gasteiger partial charge on any atom is -0.486 e. The molecule has 8 heteroatoms. The molecule has 2 N–H and O–H groups in total. The van der Waals surface area contributed by atoms with Crippen LogP contribution in [-0.4, -0.2) is 66.8 Å². The second-order valence-corrected chi connectivity index (χ2v) is 7.90. The number of hydrogen-bond donors (Lipinski definition) is 2. The van der Waals surface area contributed by atoms with E-state index in [2.05, 4.69) is 41.1 Å². The first kappa shape index (κ1) is 21.4. The van der Waals surface area contributed by atoms with Gasteiger partial charge in [0.05, 0.1) is 12.1 Å². The van der Waals surface area contributed by atoms with Gasteiger partial charge in [-0.3, -0.25) is 4.79 Å². The third-order valence-electron chi connectivity index (χ3n) is 4.79. The van der Waals surface area contributed by atoms with Crippen molar-refractivity contribution < 1.29 is 9.47 Å². The molecule has 29 heavy (non-hydrogen) atoms. The highest BCUT2D eigenvalue weighted by atomic mass is 32.1. The Bertz CT molecular complexity index is 913. The molecule has 0 atom stereocenters. The average molecular weight is 419 g/mol. The summed E-state index contributed by atoms with van der Waals surface area (Å²) < 4.78 is 11.3. The Morgan fingerprint density at radius 1 is 1.17 bits per heavy atom. The van der Waals surface area contributed by atoms with Crippen LogP contribution in [-0.2, 0) is 6.54 Å². The number of nitrogens with zero attached hydrogens (tertiary/aromatic N) is 2. The number of rotatable bonds is 8. The summed E-state index contributed by atoms with van der Waals surface area (Å²) >= 11 is 5.59. The average Bonchev–Trinajstić information content (AvgIpc) is 2.70. The molecule has 1 aromatic heterocycles. The van der Waals surface area contributed by atoms with Gasteiger partial charge in [-0.05, 0) is 57.8 Å². The number of benzene rings is 1. The zero-order valence-corrected chi connectivity index (χ0v) is 18.2. The molecule has 0 bridgehead atoms. The highest BCUT2D eigenvalue weighted by Gasteiger charge is 2.16. The molecule has 0 radical (unpaired) electrons. The third kappa shape index (κ3) is 5.61. The van der Waals surface area contributed by atoms with Crippen LogP contribution in [0, 0.1) is 0 Å². The minimum absolute atomic E-state index is 0.106. The summed E-state index contributed by atoms with van der Waals surface area (Å²) in [5.41, 5.74) is 1.32. The van der Waals surface area contributed by atoms with Gasteiger partial charge in [-0.15, -0.1) is 0 Å². The molecular weight excluding hydrogens is 388 g/mol. The summed E-state index contributed by atoms with van der Waals surface area (Å²) in [4.78, 5) is 19.9. The Morgan fingerprint density at radius 2 is 1.90 bits per heavy atom. The second-order valence-electron chi connectivity index (χ2n) is 7.52. The van der Waals surface area contributed by atoms with E-state index in [9.17, 15) is 4.79 Å². The predicted molar refractivity (Wildman–Crippen MR) is 120 cm³/mol. The highest BCUT2D eigenvalue weighted by molar-refractivity contribution is 7.80. The fourth-order valence-corrected chi connectivity index (χ4v) is 3.54. The molecule has 0 amide bonds. The van der Waals surface area contributed by atoms with Crippen LogP contribution >= 0.6 is 12.2 Å². The van der Waals surface area contributed by atoms with Gasteiger partial charge in [0.15, 0.2) is 16.6 Å². The number of aromatic nitrogens is 1. The molecule has 0 saturated carbocycles. The lowest BCUT2D eigenvalue weighted by atomic mass is 10.1. The lowest BCUT2D eigenvalue weighted by Crippen LogP contribution is -2.41. The Morgan fingerprint density at radius 3 is 2.59 bits per heavy atom. The van der Waals surface area contributed by atoms with Crippen molar-refractivity contribution in [1.29, 1.82) is 0 Å². The number of thiocarbonyl (C=S) groups is 1. The monoisotopic (exact) mass is 418 g/mol. The van der Waals surface area contributed by atoms with Crippen molar-refractivity contribution in [2.45, 2.75) is 26.3 Å². The van der Waals surface area contributed by atoms with E-state index < -0.39 is 0 Å². The normalized spacial score (nSPS) is 13.0. The van der Waals surface area contributed by atoms with Crippen molar-refractivity contribution in [2.24, 2.45) is 0 Å². The van der Waals surface area contributed by atoms with Crippen molar-refractivity contribution in [1.82, 2.24) is 20.1 Å². The quantitative estimate of drug-likeness (QED) is 0.638. The summed E-state index contributed by atoms with van der Waals surface area (Å²) in [6.07, 6.45) is 1.96. The first-order valence-electron chi connectivity index (χ1n) is 10.1. The summed E-state index contributed by atoms with van der Waals surface area (Å²) in [6, 6.07) is 5.68. The van der Waals surface area contributed by atoms with E-state index in [1.54, 1.807) is 0 Å². The number of hydrogen-bond acceptors (Lipinski definition) is 5. The number of aromatic amines is 1. The second kappa shape index (κ2) is 9.93. The van der Waals surface area contributed by atoms with E-state index in [1.165, 1.54) is 0 Å². The highest BCUT2D eigenvalue weighted by Crippen LogP contribution is 2.33. The van der Waals surface area contributed by atoms with Gasteiger partial charge in [-0.2, -0.15) is 0 Å². The summed E-state index contributed by atoms with van der Waals surface area (Å²) in [5, 5.41) is 4.89. The smallest absolute Gasteiger partial charge is 0.253 e. The maximum absolute atomic E-state index is 12.7. The Kier molecular flexibility index (Phi) is 7.33. The standard InChI is InChI=1S/C21H30N4O3S/c1-4-6-22-21(29)25(8-5-7-24(2)3)14-16-11-15-12-18-19(28-10-9-27-18)13-17(15)23-20(16)26/h11-13H,4-10,14H2,1-3H3,(H,22,29)(H,23,26). The number of H-pyrrole nitrogens is 1. The van der Waals surface area contributed by atoms with E-state index in [4.69, 9.17) is 21.7 Å². The molecule has 0 spiro atoms. The molecule has 3 rings (SSSR count). The molecule has 7 nitrogen and oxygen atoms in total. The van der Waals surface area contributed by atoms with Gasteiger partial charge >= 0.3 is 0 Å². The first-order valence-corrected chi connectivity index (χ1v) is 10.5. The summed E-state index contributed by atoms with van der Waals surface area (Å²) in [5.74, 6) is 1.38. The van der Waals surface area contributed by atoms with Gasteiger partial charge < -0.3 is 29.6 Å². The van der Waals surface area contributed by atoms with Crippen LogP contribution in [0.5, 0.6) is 11.5 Å². The van der Waals surface area contributed by atoms with Gasteiger partial charge in [0.25, 0.3) is 5.56 Å². The fourth-order valence-electron chi connectivity index (χ4n) is 3.29. The van der Waals surface area contributed by atoms with Gasteiger partial charge in [0, 0.05) is 30.1 Å². The van der Waals surface area contributed by atoms with Crippen molar-refractivity contribution in [3.63, 3.8) is 0 Å². The predicted octanol–water partition coefficient (Wildman–Crippen LogP) is 2.34. The lowest BCUT2D eigenvalue weighted by Gasteiger charge is -2.26. The van der Waals surface area contributed by atoms with Crippen molar-refractivity contribution in [2.75, 3.05) is 46.9 Å². The molecule has 1 aliphatic rings. The molecule has 1 aliphatic heterocycles. The topological polar surface area (TPSA) is 69.8 Å². The maximum atomic E-state index is 12.7. The maximum Gasteiger partial charge on any atom is 0.253 e. The van der Waals surface area contributed by atoms with Crippen LogP contribution in [0.2, 0.25) is 0 Å². The molecule has 2 heterocycles. The van der Waals surface area contributed by atoms with E-state index in [1.807, 2.05) is 18.2 Å². The van der Waals surface area contributed by atoms with Crippen molar-refractivity contribution >= 4 is 28.2 Å². The van der Waals surface area contributed by atoms with Crippen molar-refractivity contribution in [3.05, 3.63) is 34.1 Å². The Balaban J connectivity index is 1.83. The van der Waals surface area contributed by atoms with Crippen molar-refractivity contribution in [3.8, 4) is 11.5 Å². The SMILES string of the molecule is CCCNC(=S)N(CCCN(C)C)Cc1cc2cc3c(cc2[nH]c1=O)OCCO3. The molecule has 2 aromatic rings. The molecular formula is C21H30N4O3S. The van der Waals surface area contributed by atoms with Crippen LogP contribution in [0.1, 0.15) is 25.3 Å². The van der Waals surface area contributed by atoms with Gasteiger partial charge in [0.2, 0.25) is 0 Å². The molecule has 1 aromatic carbocycles. The number of pyridine rings is 1. The first-order chi connectivity index (χ1) is 14.0. The molecule has 0 saturated heterocycles. The molecule has 0 aliphatic carbocycles. The van der Waals surface area contributed by atoms with Gasteiger partial charge in [-0.25, -0.2) is 0 Å². The van der Waals surface area contributed by atoms with E-state index in [0.717, 1.165) is 43.4 Å². The van der Waals surface area contributed by atoms with Crippen LogP contribution < -0.4 is 20.3 Å². The number of fused-ring (bicyclic) bond motifs is 2. The van der Waals surface area contributed by atoms with Crippen LogP contribution in [0.3, 0.4) is 0 Å². The zero-order valence-electron chi connectivity index (χ0n) is 17.4. The summed E-state index contributed by atoms with van der Waals surface area (Å²) in [6.45, 7) is 6.18. The van der Waals surface area contributed by atoms with E-state index in [-0.39, 0.29) is 5.56 Å². The fraction of sp³-hybridized carbons (Fsp3) is 0.524. The van der Waals surface area contributed by atoms with E-state index >= 15 is 0 Å². The molecule has 0 fully saturated rings. The minimum atomic E-state index is -0.106. The van der Waals surface area contributed by atoms with Crippen LogP contribution in [0.15, 0.2) is 23.0 Å². The van der Waals surface area contributed by atoms with Crippen LogP contribution in [0.25, 0.3) is 10.9 Å². The van der Waals surface area contributed by atoms with E-state index in [0.29, 0.717) is 41.9 Å². The summed E-state index contributed by atoms with van der Waals surface area (Å²) in [7, 11) is 4.11. The largest absolute Gasteiger partial charge is 0.486 e. The Hall–Kier alpha value is -2.32. The zero-order chi connectivity index (χ0) is 20.8. The van der Waals surface area contributed by atoms with Crippen LogP contribution in [0.4, 0.5) is 0 Å². The lowest BCUT2D eigenvalue weighted by molar-refractivity contribution is 0.172. The van der Waals surface area contributed by atoms with Gasteiger partial charge in [0.1, 0.15) is 13.2 Å². The van der Waals surface area contributed by atoms with Gasteiger partial charge in [-0.1, -0.05) is 6.92 Å². The number of nitrogens with one attached hydrogen (secondary N) is 2. The molecule has 158 valence electrons. The Labute approximate surface area is 177 Å².